The van der Waals surface area contributed by atoms with Crippen molar-refractivity contribution in [3.63, 3.8) is 0 Å². The molecular weight excluding hydrogens is 542 g/mol. The predicted molar refractivity (Wildman–Crippen MR) is 153 cm³/mol. The summed E-state index contributed by atoms with van der Waals surface area (Å²) in [5.74, 6) is -1.57. The molecule has 226 valence electrons. The van der Waals surface area contributed by atoms with Crippen LogP contribution in [0.5, 0.6) is 5.88 Å². The molecule has 12 heteroatoms. The summed E-state index contributed by atoms with van der Waals surface area (Å²) in [7, 11) is 0. The third-order valence-corrected chi connectivity index (χ3v) is 7.58. The first-order valence-corrected chi connectivity index (χ1v) is 14.5. The second kappa shape index (κ2) is 14.1. The fourth-order valence-corrected chi connectivity index (χ4v) is 5.35. The number of hydrogen-bond donors (Lipinski definition) is 2. The predicted octanol–water partition coefficient (Wildman–Crippen LogP) is 3.51. The van der Waals surface area contributed by atoms with Crippen molar-refractivity contribution in [2.75, 3.05) is 19.7 Å². The lowest BCUT2D eigenvalue weighted by Gasteiger charge is -2.44. The Morgan fingerprint density at radius 2 is 1.69 bits per heavy atom. The summed E-state index contributed by atoms with van der Waals surface area (Å²) in [4.78, 5) is 63.3. The van der Waals surface area contributed by atoms with Gasteiger partial charge in [-0.3, -0.25) is 14.4 Å². The van der Waals surface area contributed by atoms with Gasteiger partial charge in [-0.25, -0.2) is 9.78 Å². The first kappa shape index (κ1) is 30.7. The normalized spacial score (nSPS) is 19.7. The highest BCUT2D eigenvalue weighted by Crippen LogP contribution is 2.26. The number of aliphatic carboxylic acids is 1. The van der Waals surface area contributed by atoms with Crippen LogP contribution in [0.1, 0.15) is 69.8 Å². The van der Waals surface area contributed by atoms with E-state index in [0.29, 0.717) is 11.4 Å². The molecule has 2 heterocycles. The smallest absolute Gasteiger partial charge is 0.410 e. The molecule has 0 unspecified atom stereocenters. The molecule has 1 aromatic carbocycles. The van der Waals surface area contributed by atoms with Gasteiger partial charge < -0.3 is 29.7 Å². The molecule has 3 atom stereocenters. The number of carboxylic acids is 1. The first-order valence-electron chi connectivity index (χ1n) is 14.5. The van der Waals surface area contributed by atoms with Crippen molar-refractivity contribution in [2.45, 2.75) is 83.5 Å². The van der Waals surface area contributed by atoms with Gasteiger partial charge in [0, 0.05) is 43.2 Å². The zero-order valence-electron chi connectivity index (χ0n) is 24.3. The molecule has 2 fully saturated rings. The molecule has 1 aliphatic heterocycles. The summed E-state index contributed by atoms with van der Waals surface area (Å²) >= 11 is 0. The molecule has 0 bridgehead atoms. The van der Waals surface area contributed by atoms with E-state index in [-0.39, 0.29) is 62.3 Å². The van der Waals surface area contributed by atoms with Gasteiger partial charge in [0.15, 0.2) is 5.82 Å². The minimum Gasteiger partial charge on any atom is -0.481 e. The molecule has 2 aromatic rings. The van der Waals surface area contributed by atoms with Crippen LogP contribution >= 0.6 is 0 Å². The molecule has 1 saturated heterocycles. The summed E-state index contributed by atoms with van der Waals surface area (Å²) in [5, 5.41) is 12.1. The number of benzene rings is 1. The number of carbonyl (C=O) groups is 4. The van der Waals surface area contributed by atoms with Gasteiger partial charge in [-0.2, -0.15) is 4.98 Å². The molecule has 1 aliphatic carbocycles. The fraction of sp³-hybridized carbons (Fsp3) is 0.533. The molecule has 2 aliphatic rings. The average Bonchev–Trinajstić information content (AvgIpc) is 3.49. The van der Waals surface area contributed by atoms with E-state index in [1.165, 1.54) is 6.07 Å². The quantitative estimate of drug-likeness (QED) is 0.429. The number of aromatic nitrogens is 2. The van der Waals surface area contributed by atoms with Crippen LogP contribution in [-0.2, 0) is 14.3 Å². The number of piperazine rings is 1. The number of nitrogens with one attached hydrogen (secondary N) is 1. The lowest BCUT2D eigenvalue weighted by molar-refractivity contribution is -0.140. The Balaban J connectivity index is 1.56. The maximum absolute atomic E-state index is 13.7. The molecule has 0 radical (unpaired) electrons. The van der Waals surface area contributed by atoms with E-state index in [9.17, 15) is 24.3 Å². The Kier molecular flexibility index (Phi) is 10.3. The van der Waals surface area contributed by atoms with Crippen molar-refractivity contribution in [1.82, 2.24) is 25.1 Å². The van der Waals surface area contributed by atoms with Gasteiger partial charge in [0.25, 0.3) is 5.91 Å². The third-order valence-electron chi connectivity index (χ3n) is 7.58. The summed E-state index contributed by atoms with van der Waals surface area (Å²) in [6.07, 6.45) is 3.05. The molecule has 2 N–H and O–H groups in total. The maximum atomic E-state index is 13.7. The number of carbonyl (C=O) groups excluding carboxylic acids is 3. The fourth-order valence-electron chi connectivity index (χ4n) is 5.35. The second-order valence-corrected chi connectivity index (χ2v) is 10.8. The zero-order chi connectivity index (χ0) is 30.2. The molecule has 0 spiro atoms. The summed E-state index contributed by atoms with van der Waals surface area (Å²) in [6.45, 7) is 6.04. The van der Waals surface area contributed by atoms with Gasteiger partial charge in [-0.1, -0.05) is 30.3 Å². The van der Waals surface area contributed by atoms with Crippen molar-refractivity contribution in [3.05, 3.63) is 42.1 Å². The zero-order valence-corrected chi connectivity index (χ0v) is 24.3. The topological polar surface area (TPSA) is 151 Å². The van der Waals surface area contributed by atoms with Gasteiger partial charge in [0.05, 0.1) is 6.61 Å². The number of carboxylic acid groups (broad SMARTS) is 1. The van der Waals surface area contributed by atoms with E-state index in [4.69, 9.17) is 9.47 Å². The van der Waals surface area contributed by atoms with E-state index >= 15 is 0 Å². The Bertz CT molecular complexity index is 1270. The monoisotopic (exact) mass is 581 g/mol. The molecule has 42 heavy (non-hydrogen) atoms. The van der Waals surface area contributed by atoms with Crippen molar-refractivity contribution in [2.24, 2.45) is 0 Å². The van der Waals surface area contributed by atoms with Crippen LogP contribution in [0.4, 0.5) is 4.79 Å². The van der Waals surface area contributed by atoms with E-state index in [1.807, 2.05) is 37.3 Å². The minimum atomic E-state index is -1.12. The van der Waals surface area contributed by atoms with Gasteiger partial charge in [0.1, 0.15) is 17.8 Å². The van der Waals surface area contributed by atoms with Gasteiger partial charge >= 0.3 is 12.1 Å². The molecular formula is C30H39N5O7. The standard InChI is InChI=1S/C30H39N5O7/c1-4-41-30(40)35-18-19(2)34(17-20(35)3)29(39)23(14-15-26(36)37)32-28(38)24-16-25(42-22-12-8-9-13-22)33-27(31-24)21-10-6-5-7-11-21/h5-7,10-11,16,19-20,22-23H,4,8-9,12-15,17-18H2,1-3H3,(H,32,38)(H,36,37)/t19-,20+,23+/m1/s1. The summed E-state index contributed by atoms with van der Waals surface area (Å²) < 4.78 is 11.2. The van der Waals surface area contributed by atoms with Crippen LogP contribution in [0.3, 0.4) is 0 Å². The SMILES string of the molecule is CCOC(=O)N1C[C@@H](C)N(C(=O)[C@H](CCC(=O)O)NC(=O)c2cc(OC3CCCC3)nc(-c3ccccc3)n2)C[C@@H]1C. The third kappa shape index (κ3) is 7.74. The number of ether oxygens (including phenoxy) is 2. The van der Waals surface area contributed by atoms with Crippen LogP contribution in [0.2, 0.25) is 0 Å². The highest BCUT2D eigenvalue weighted by atomic mass is 16.6. The Morgan fingerprint density at radius 1 is 1.02 bits per heavy atom. The van der Waals surface area contributed by atoms with E-state index in [2.05, 4.69) is 15.3 Å². The molecule has 1 aromatic heterocycles. The maximum Gasteiger partial charge on any atom is 0.410 e. The number of hydrogen-bond acceptors (Lipinski definition) is 8. The van der Waals surface area contributed by atoms with Gasteiger partial charge in [-0.15, -0.1) is 0 Å². The molecule has 4 rings (SSSR count). The van der Waals surface area contributed by atoms with Gasteiger partial charge in [-0.05, 0) is 52.9 Å². The van der Waals surface area contributed by atoms with Crippen molar-refractivity contribution >= 4 is 23.9 Å². The van der Waals surface area contributed by atoms with E-state index in [1.54, 1.807) is 23.6 Å². The number of amides is 3. The van der Waals surface area contributed by atoms with Crippen molar-refractivity contribution in [1.29, 1.82) is 0 Å². The van der Waals surface area contributed by atoms with Crippen LogP contribution < -0.4 is 10.1 Å². The van der Waals surface area contributed by atoms with Crippen molar-refractivity contribution < 1.29 is 33.8 Å². The lowest BCUT2D eigenvalue weighted by atomic mass is 10.0. The Hall–Kier alpha value is -4.22. The molecule has 1 saturated carbocycles. The second-order valence-electron chi connectivity index (χ2n) is 10.8. The largest absolute Gasteiger partial charge is 0.481 e. The van der Waals surface area contributed by atoms with Crippen LogP contribution in [0.15, 0.2) is 36.4 Å². The average molecular weight is 582 g/mol. The van der Waals surface area contributed by atoms with Gasteiger partial charge in [0.2, 0.25) is 11.8 Å². The van der Waals surface area contributed by atoms with Crippen LogP contribution in [0.25, 0.3) is 11.4 Å². The van der Waals surface area contributed by atoms with E-state index < -0.39 is 29.9 Å². The highest BCUT2D eigenvalue weighted by molar-refractivity contribution is 5.97. The van der Waals surface area contributed by atoms with E-state index in [0.717, 1.165) is 25.7 Å². The lowest BCUT2D eigenvalue weighted by Crippen LogP contribution is -2.62. The number of rotatable bonds is 10. The van der Waals surface area contributed by atoms with Crippen LogP contribution in [-0.4, -0.2) is 92.7 Å². The Labute approximate surface area is 245 Å². The highest BCUT2D eigenvalue weighted by Gasteiger charge is 2.38. The first-order chi connectivity index (χ1) is 20.2. The molecule has 12 nitrogen and oxygen atoms in total. The number of nitrogens with zero attached hydrogens (tertiary/aromatic N) is 4. The van der Waals surface area contributed by atoms with Crippen molar-refractivity contribution in [3.8, 4) is 17.3 Å². The minimum absolute atomic E-state index is 0.001000. The summed E-state index contributed by atoms with van der Waals surface area (Å²) in [5.41, 5.74) is 0.711. The Morgan fingerprint density at radius 3 is 2.36 bits per heavy atom. The van der Waals surface area contributed by atoms with Crippen LogP contribution in [0, 0.1) is 0 Å². The molecule has 3 amide bonds. The summed E-state index contributed by atoms with van der Waals surface area (Å²) in [6, 6.07) is 8.84.